The van der Waals surface area contributed by atoms with E-state index in [0.29, 0.717) is 13.2 Å². The fourth-order valence-electron chi connectivity index (χ4n) is 2.04. The maximum Gasteiger partial charge on any atom is 0.573 e. The van der Waals surface area contributed by atoms with E-state index in [0.717, 1.165) is 12.1 Å². The van der Waals surface area contributed by atoms with Gasteiger partial charge >= 0.3 is 6.36 Å². The van der Waals surface area contributed by atoms with E-state index in [2.05, 4.69) is 4.74 Å². The zero-order valence-corrected chi connectivity index (χ0v) is 11.0. The first-order valence-corrected chi connectivity index (χ1v) is 6.26. The Bertz CT molecular complexity index is 489. The van der Waals surface area contributed by atoms with Crippen molar-refractivity contribution in [3.8, 4) is 5.75 Å². The summed E-state index contributed by atoms with van der Waals surface area (Å²) < 4.78 is 45.1. The first-order valence-electron chi connectivity index (χ1n) is 6.26. The molecule has 0 bridgehead atoms. The van der Waals surface area contributed by atoms with Gasteiger partial charge in [0.05, 0.1) is 25.9 Å². The SMILES string of the molecule is O=C(c1ccc(OC(F)(F)F)cc1)N1CCOCC1CO. The van der Waals surface area contributed by atoms with Crippen LogP contribution in [-0.4, -0.2) is 54.7 Å². The molecule has 1 heterocycles. The summed E-state index contributed by atoms with van der Waals surface area (Å²) >= 11 is 0. The summed E-state index contributed by atoms with van der Waals surface area (Å²) in [6, 6.07) is 4.22. The monoisotopic (exact) mass is 305 g/mol. The van der Waals surface area contributed by atoms with Gasteiger partial charge in [-0.3, -0.25) is 4.79 Å². The smallest absolute Gasteiger partial charge is 0.406 e. The Kier molecular flexibility index (Phi) is 4.69. The molecule has 1 fully saturated rings. The van der Waals surface area contributed by atoms with Gasteiger partial charge in [0.2, 0.25) is 0 Å². The number of aliphatic hydroxyl groups is 1. The molecule has 1 amide bonds. The van der Waals surface area contributed by atoms with E-state index < -0.39 is 12.4 Å². The Labute approximate surface area is 118 Å². The Morgan fingerprint density at radius 3 is 2.62 bits per heavy atom. The molecule has 1 N–H and O–H groups in total. The summed E-state index contributed by atoms with van der Waals surface area (Å²) in [6.07, 6.45) is -4.77. The molecule has 116 valence electrons. The molecule has 0 aromatic heterocycles. The van der Waals surface area contributed by atoms with E-state index in [1.165, 1.54) is 17.0 Å². The van der Waals surface area contributed by atoms with Crippen LogP contribution in [0.3, 0.4) is 0 Å². The lowest BCUT2D eigenvalue weighted by Gasteiger charge is -2.34. The predicted molar refractivity (Wildman–Crippen MR) is 65.9 cm³/mol. The van der Waals surface area contributed by atoms with Crippen LogP contribution in [0, 0.1) is 0 Å². The predicted octanol–water partition coefficient (Wildman–Crippen LogP) is 1.42. The molecule has 0 radical (unpaired) electrons. The minimum atomic E-state index is -4.77. The fourth-order valence-corrected chi connectivity index (χ4v) is 2.04. The number of halogens is 3. The van der Waals surface area contributed by atoms with Gasteiger partial charge in [-0.05, 0) is 24.3 Å². The second-order valence-corrected chi connectivity index (χ2v) is 4.48. The molecule has 0 saturated carbocycles. The molecule has 1 aromatic carbocycles. The zero-order valence-electron chi connectivity index (χ0n) is 11.0. The van der Waals surface area contributed by atoms with Gasteiger partial charge in [-0.15, -0.1) is 13.2 Å². The number of amides is 1. The molecule has 1 aromatic rings. The van der Waals surface area contributed by atoms with Crippen molar-refractivity contribution in [3.63, 3.8) is 0 Å². The quantitative estimate of drug-likeness (QED) is 0.917. The van der Waals surface area contributed by atoms with Gasteiger partial charge in [0.25, 0.3) is 5.91 Å². The molecule has 0 aliphatic carbocycles. The molecule has 1 unspecified atom stereocenters. The molecule has 8 heteroatoms. The number of nitrogens with zero attached hydrogens (tertiary/aromatic N) is 1. The van der Waals surface area contributed by atoms with Crippen molar-refractivity contribution in [2.75, 3.05) is 26.4 Å². The number of carbonyl (C=O) groups excluding carboxylic acids is 1. The molecular formula is C13H14F3NO4. The largest absolute Gasteiger partial charge is 0.573 e. The van der Waals surface area contributed by atoms with Crippen LogP contribution < -0.4 is 4.74 Å². The van der Waals surface area contributed by atoms with Crippen molar-refractivity contribution in [1.82, 2.24) is 4.90 Å². The number of carbonyl (C=O) groups is 1. The number of hydrogen-bond acceptors (Lipinski definition) is 4. The van der Waals surface area contributed by atoms with E-state index in [1.54, 1.807) is 0 Å². The lowest BCUT2D eigenvalue weighted by Crippen LogP contribution is -2.50. The first kappa shape index (κ1) is 15.6. The number of alkyl halides is 3. The fraction of sp³-hybridized carbons (Fsp3) is 0.462. The van der Waals surface area contributed by atoms with Gasteiger partial charge in [-0.1, -0.05) is 0 Å². The van der Waals surface area contributed by atoms with Crippen LogP contribution in [-0.2, 0) is 4.74 Å². The molecule has 1 atom stereocenters. The summed E-state index contributed by atoms with van der Waals surface area (Å²) in [5.74, 6) is -0.754. The molecular weight excluding hydrogens is 291 g/mol. The molecule has 1 saturated heterocycles. The molecule has 1 aliphatic rings. The van der Waals surface area contributed by atoms with Crippen molar-refractivity contribution < 1.29 is 32.5 Å². The van der Waals surface area contributed by atoms with Gasteiger partial charge < -0.3 is 19.5 Å². The minimum Gasteiger partial charge on any atom is -0.406 e. The molecule has 0 spiro atoms. The third-order valence-electron chi connectivity index (χ3n) is 3.03. The van der Waals surface area contributed by atoms with Crippen molar-refractivity contribution >= 4 is 5.91 Å². The molecule has 21 heavy (non-hydrogen) atoms. The van der Waals surface area contributed by atoms with E-state index in [4.69, 9.17) is 4.74 Å². The number of hydrogen-bond donors (Lipinski definition) is 1. The molecule has 2 rings (SSSR count). The second-order valence-electron chi connectivity index (χ2n) is 4.48. The number of morpholine rings is 1. The first-order chi connectivity index (χ1) is 9.90. The number of benzene rings is 1. The number of aliphatic hydroxyl groups excluding tert-OH is 1. The van der Waals surface area contributed by atoms with Crippen molar-refractivity contribution in [2.45, 2.75) is 12.4 Å². The molecule has 5 nitrogen and oxygen atoms in total. The van der Waals surface area contributed by atoms with Crippen LogP contribution in [0.15, 0.2) is 24.3 Å². The van der Waals surface area contributed by atoms with Gasteiger partial charge in [-0.2, -0.15) is 0 Å². The van der Waals surface area contributed by atoms with Crippen LogP contribution in [0.2, 0.25) is 0 Å². The minimum absolute atomic E-state index is 0.227. The summed E-state index contributed by atoms with van der Waals surface area (Å²) in [7, 11) is 0. The van der Waals surface area contributed by atoms with Crippen molar-refractivity contribution in [3.05, 3.63) is 29.8 Å². The van der Waals surface area contributed by atoms with Gasteiger partial charge in [-0.25, -0.2) is 0 Å². The van der Waals surface area contributed by atoms with E-state index >= 15 is 0 Å². The summed E-state index contributed by atoms with van der Waals surface area (Å²) in [5, 5.41) is 9.21. The van der Waals surface area contributed by atoms with Gasteiger partial charge in [0, 0.05) is 12.1 Å². The highest BCUT2D eigenvalue weighted by molar-refractivity contribution is 5.94. The van der Waals surface area contributed by atoms with Crippen LogP contribution in [0.25, 0.3) is 0 Å². The Hall–Kier alpha value is -1.80. The third-order valence-corrected chi connectivity index (χ3v) is 3.03. The van der Waals surface area contributed by atoms with Crippen molar-refractivity contribution in [2.24, 2.45) is 0 Å². The molecule has 1 aliphatic heterocycles. The average Bonchev–Trinajstić information content (AvgIpc) is 2.45. The topological polar surface area (TPSA) is 59.0 Å². The third kappa shape index (κ3) is 4.08. The lowest BCUT2D eigenvalue weighted by atomic mass is 10.1. The van der Waals surface area contributed by atoms with Crippen LogP contribution in [0.1, 0.15) is 10.4 Å². The van der Waals surface area contributed by atoms with E-state index in [1.807, 2.05) is 0 Å². The Morgan fingerprint density at radius 2 is 2.05 bits per heavy atom. The average molecular weight is 305 g/mol. The summed E-state index contributed by atoms with van der Waals surface area (Å²) in [5.41, 5.74) is 0.227. The van der Waals surface area contributed by atoms with Gasteiger partial charge in [0.15, 0.2) is 0 Å². The maximum absolute atomic E-state index is 12.3. The van der Waals surface area contributed by atoms with E-state index in [9.17, 15) is 23.1 Å². The highest BCUT2D eigenvalue weighted by Crippen LogP contribution is 2.23. The highest BCUT2D eigenvalue weighted by Gasteiger charge is 2.31. The van der Waals surface area contributed by atoms with Crippen LogP contribution in [0.4, 0.5) is 13.2 Å². The highest BCUT2D eigenvalue weighted by atomic mass is 19.4. The van der Waals surface area contributed by atoms with Crippen LogP contribution >= 0.6 is 0 Å². The summed E-state index contributed by atoms with van der Waals surface area (Å²) in [4.78, 5) is 13.7. The number of rotatable bonds is 3. The van der Waals surface area contributed by atoms with E-state index in [-0.39, 0.29) is 30.4 Å². The Balaban J connectivity index is 2.08. The maximum atomic E-state index is 12.3. The lowest BCUT2D eigenvalue weighted by molar-refractivity contribution is -0.274. The number of ether oxygens (including phenoxy) is 2. The second kappa shape index (κ2) is 6.31. The Morgan fingerprint density at radius 1 is 1.38 bits per heavy atom. The van der Waals surface area contributed by atoms with Gasteiger partial charge in [0.1, 0.15) is 5.75 Å². The van der Waals surface area contributed by atoms with Crippen LogP contribution in [0.5, 0.6) is 5.75 Å². The normalized spacial score (nSPS) is 19.4. The zero-order chi connectivity index (χ0) is 15.5. The summed E-state index contributed by atoms with van der Waals surface area (Å²) in [6.45, 7) is 0.681. The van der Waals surface area contributed by atoms with Crippen molar-refractivity contribution in [1.29, 1.82) is 0 Å². The standard InChI is InChI=1S/C13H14F3NO4/c14-13(15,16)21-11-3-1-9(2-4-11)12(19)17-5-6-20-8-10(17)7-18/h1-4,10,18H,5-8H2.